The maximum absolute atomic E-state index is 12.1. The van der Waals surface area contributed by atoms with Crippen LogP contribution >= 0.6 is 0 Å². The van der Waals surface area contributed by atoms with Crippen LogP contribution in [0.4, 0.5) is 4.79 Å². The second-order valence-corrected chi connectivity index (χ2v) is 7.61. The summed E-state index contributed by atoms with van der Waals surface area (Å²) in [7, 11) is 0. The van der Waals surface area contributed by atoms with E-state index in [0.29, 0.717) is 12.6 Å². The predicted molar refractivity (Wildman–Crippen MR) is 89.2 cm³/mol. The van der Waals surface area contributed by atoms with E-state index in [9.17, 15) is 9.59 Å². The van der Waals surface area contributed by atoms with Crippen LogP contribution in [-0.2, 0) is 9.53 Å². The number of carbonyl (C=O) groups is 2. The number of hydrogen-bond acceptors (Lipinski definition) is 4. The van der Waals surface area contributed by atoms with Gasteiger partial charge in [-0.15, -0.1) is 0 Å². The van der Waals surface area contributed by atoms with Crippen molar-refractivity contribution in [2.24, 2.45) is 5.92 Å². The molecule has 0 radical (unpaired) electrons. The maximum Gasteiger partial charge on any atom is 0.410 e. The van der Waals surface area contributed by atoms with E-state index in [2.05, 4.69) is 10.6 Å². The van der Waals surface area contributed by atoms with Gasteiger partial charge in [0.05, 0.1) is 0 Å². The third-order valence-electron chi connectivity index (χ3n) is 4.19. The largest absolute Gasteiger partial charge is 0.444 e. The molecule has 1 heterocycles. The molecule has 1 atom stereocenters. The van der Waals surface area contributed by atoms with Crippen LogP contribution in [0.1, 0.15) is 52.9 Å². The minimum Gasteiger partial charge on any atom is -0.444 e. The molecule has 0 aromatic rings. The molecule has 1 saturated heterocycles. The fraction of sp³-hybridized carbons (Fsp3) is 0.882. The molecular weight excluding hydrogens is 294 g/mol. The van der Waals surface area contributed by atoms with Crippen LogP contribution in [0.25, 0.3) is 0 Å². The lowest BCUT2D eigenvalue weighted by atomic mass is 10.1. The Morgan fingerprint density at radius 1 is 1.09 bits per heavy atom. The van der Waals surface area contributed by atoms with Gasteiger partial charge in [-0.1, -0.05) is 0 Å². The quantitative estimate of drug-likeness (QED) is 0.757. The van der Waals surface area contributed by atoms with Gasteiger partial charge in [0.25, 0.3) is 0 Å². The molecular formula is C17H31N3O3. The molecule has 1 aliphatic heterocycles. The predicted octanol–water partition coefficient (Wildman–Crippen LogP) is 1.89. The fourth-order valence-corrected chi connectivity index (χ4v) is 2.76. The minimum absolute atomic E-state index is 0.198. The summed E-state index contributed by atoms with van der Waals surface area (Å²) in [4.78, 5) is 25.5. The molecule has 0 spiro atoms. The highest BCUT2D eigenvalue weighted by Gasteiger charge is 2.29. The Kier molecular flexibility index (Phi) is 6.27. The topological polar surface area (TPSA) is 70.7 Å². The third-order valence-corrected chi connectivity index (χ3v) is 4.19. The van der Waals surface area contributed by atoms with Crippen LogP contribution in [0.2, 0.25) is 0 Å². The van der Waals surface area contributed by atoms with Crippen molar-refractivity contribution in [2.75, 3.05) is 26.2 Å². The number of carbonyl (C=O) groups excluding carboxylic acids is 2. The summed E-state index contributed by atoms with van der Waals surface area (Å²) in [5.41, 5.74) is -0.444. The summed E-state index contributed by atoms with van der Waals surface area (Å²) in [5, 5.41) is 6.46. The van der Waals surface area contributed by atoms with E-state index in [1.807, 2.05) is 25.7 Å². The Balaban J connectivity index is 1.63. The lowest BCUT2D eigenvalue weighted by Gasteiger charge is -2.26. The summed E-state index contributed by atoms with van der Waals surface area (Å²) in [6.07, 6.45) is 4.83. The van der Waals surface area contributed by atoms with Crippen molar-refractivity contribution in [3.05, 3.63) is 0 Å². The molecule has 0 aromatic heterocycles. The summed E-state index contributed by atoms with van der Waals surface area (Å²) in [6.45, 7) is 8.62. The molecule has 2 rings (SSSR count). The number of nitrogens with one attached hydrogen (secondary N) is 2. The first-order valence-electron chi connectivity index (χ1n) is 8.84. The summed E-state index contributed by atoms with van der Waals surface area (Å²) >= 11 is 0. The van der Waals surface area contributed by atoms with Gasteiger partial charge < -0.3 is 20.3 Å². The molecule has 132 valence electrons. The maximum atomic E-state index is 12.1. The highest BCUT2D eigenvalue weighted by atomic mass is 16.6. The second kappa shape index (κ2) is 7.99. The molecule has 0 bridgehead atoms. The van der Waals surface area contributed by atoms with E-state index >= 15 is 0 Å². The van der Waals surface area contributed by atoms with Gasteiger partial charge in [0, 0.05) is 38.1 Å². The molecule has 23 heavy (non-hydrogen) atoms. The molecule has 2 amide bonds. The van der Waals surface area contributed by atoms with Crippen LogP contribution in [0.15, 0.2) is 0 Å². The lowest BCUT2D eigenvalue weighted by Crippen LogP contribution is -2.39. The van der Waals surface area contributed by atoms with E-state index in [1.165, 1.54) is 0 Å². The monoisotopic (exact) mass is 325 g/mol. The zero-order valence-electron chi connectivity index (χ0n) is 14.7. The Morgan fingerprint density at radius 2 is 1.83 bits per heavy atom. The zero-order valence-corrected chi connectivity index (χ0v) is 14.7. The van der Waals surface area contributed by atoms with Gasteiger partial charge in [-0.05, 0) is 52.9 Å². The first-order valence-corrected chi connectivity index (χ1v) is 8.84. The van der Waals surface area contributed by atoms with Crippen molar-refractivity contribution in [3.63, 3.8) is 0 Å². The van der Waals surface area contributed by atoms with Gasteiger partial charge >= 0.3 is 6.09 Å². The van der Waals surface area contributed by atoms with Crippen LogP contribution in [0, 0.1) is 5.92 Å². The molecule has 6 heteroatoms. The Labute approximate surface area is 139 Å². The standard InChI is InChI=1S/C17H31N3O3/c1-17(2,3)23-16(22)20-11-4-5-14(8-12-20)18-9-10-19-15(21)13-6-7-13/h13-14,18H,4-12H2,1-3H3,(H,19,21). The van der Waals surface area contributed by atoms with Gasteiger partial charge in [-0.3, -0.25) is 4.79 Å². The van der Waals surface area contributed by atoms with Crippen molar-refractivity contribution in [3.8, 4) is 0 Å². The van der Waals surface area contributed by atoms with Crippen LogP contribution in [0.3, 0.4) is 0 Å². The van der Waals surface area contributed by atoms with Crippen LogP contribution in [0.5, 0.6) is 0 Å². The van der Waals surface area contributed by atoms with Crippen molar-refractivity contribution in [1.82, 2.24) is 15.5 Å². The lowest BCUT2D eigenvalue weighted by molar-refractivity contribution is -0.122. The normalized spacial score (nSPS) is 22.4. The van der Waals surface area contributed by atoms with Crippen molar-refractivity contribution in [2.45, 2.75) is 64.5 Å². The number of amides is 2. The number of hydrogen-bond donors (Lipinski definition) is 2. The molecule has 1 aliphatic carbocycles. The summed E-state index contributed by atoms with van der Waals surface area (Å²) in [6, 6.07) is 0.403. The average molecular weight is 325 g/mol. The summed E-state index contributed by atoms with van der Waals surface area (Å²) in [5.74, 6) is 0.471. The first kappa shape index (κ1) is 18.0. The van der Waals surface area contributed by atoms with E-state index in [1.54, 1.807) is 0 Å². The molecule has 0 aromatic carbocycles. The van der Waals surface area contributed by atoms with Gasteiger partial charge in [-0.25, -0.2) is 4.79 Å². The summed E-state index contributed by atoms with van der Waals surface area (Å²) < 4.78 is 5.44. The number of ether oxygens (including phenoxy) is 1. The highest BCUT2D eigenvalue weighted by Crippen LogP contribution is 2.28. The third kappa shape index (κ3) is 6.77. The average Bonchev–Trinajstić information content (AvgIpc) is 3.27. The van der Waals surface area contributed by atoms with E-state index in [4.69, 9.17) is 4.74 Å². The van der Waals surface area contributed by atoms with Gasteiger partial charge in [0.2, 0.25) is 5.91 Å². The Bertz CT molecular complexity index is 416. The first-order chi connectivity index (χ1) is 10.8. The molecule has 2 aliphatic rings. The molecule has 1 saturated carbocycles. The Morgan fingerprint density at radius 3 is 2.48 bits per heavy atom. The Hall–Kier alpha value is -1.30. The van der Waals surface area contributed by atoms with Gasteiger partial charge in [0.15, 0.2) is 0 Å². The molecule has 2 N–H and O–H groups in total. The minimum atomic E-state index is -0.444. The van der Waals surface area contributed by atoms with E-state index in [0.717, 1.165) is 51.7 Å². The van der Waals surface area contributed by atoms with E-state index < -0.39 is 5.60 Å². The van der Waals surface area contributed by atoms with Crippen molar-refractivity contribution >= 4 is 12.0 Å². The molecule has 1 unspecified atom stereocenters. The number of nitrogens with zero attached hydrogens (tertiary/aromatic N) is 1. The van der Waals surface area contributed by atoms with Crippen molar-refractivity contribution in [1.29, 1.82) is 0 Å². The van der Waals surface area contributed by atoms with Crippen LogP contribution in [-0.4, -0.2) is 54.7 Å². The number of rotatable bonds is 5. The van der Waals surface area contributed by atoms with Gasteiger partial charge in [0.1, 0.15) is 5.60 Å². The SMILES string of the molecule is CC(C)(C)OC(=O)N1CCCC(NCCNC(=O)C2CC2)CC1. The highest BCUT2D eigenvalue weighted by molar-refractivity contribution is 5.80. The van der Waals surface area contributed by atoms with E-state index in [-0.39, 0.29) is 17.9 Å². The van der Waals surface area contributed by atoms with Gasteiger partial charge in [-0.2, -0.15) is 0 Å². The van der Waals surface area contributed by atoms with Crippen LogP contribution < -0.4 is 10.6 Å². The fourth-order valence-electron chi connectivity index (χ4n) is 2.76. The molecule has 2 fully saturated rings. The second-order valence-electron chi connectivity index (χ2n) is 7.61. The van der Waals surface area contributed by atoms with Crippen molar-refractivity contribution < 1.29 is 14.3 Å². The number of likely N-dealkylation sites (tertiary alicyclic amines) is 1. The molecule has 6 nitrogen and oxygen atoms in total. The zero-order chi connectivity index (χ0) is 16.9. The smallest absolute Gasteiger partial charge is 0.410 e.